The third-order valence-electron chi connectivity index (χ3n) is 6.71. The van der Waals surface area contributed by atoms with Crippen LogP contribution in [0, 0.1) is 0 Å². The summed E-state index contributed by atoms with van der Waals surface area (Å²) in [6.07, 6.45) is -7.29. The lowest BCUT2D eigenvalue weighted by Gasteiger charge is -2.27. The quantitative estimate of drug-likeness (QED) is 0.202. The van der Waals surface area contributed by atoms with Crippen molar-refractivity contribution in [3.05, 3.63) is 45.7 Å². The molecule has 37 heavy (non-hydrogen) atoms. The summed E-state index contributed by atoms with van der Waals surface area (Å²) in [5.74, 6) is 0.870. The molecule has 0 saturated heterocycles. The maximum Gasteiger partial charge on any atom is 0.259 e. The molecule has 0 unspecified atom stereocenters. The van der Waals surface area contributed by atoms with Crippen LogP contribution < -0.4 is 24.5 Å². The van der Waals surface area contributed by atoms with Gasteiger partial charge in [0.15, 0.2) is 28.8 Å². The van der Waals surface area contributed by atoms with Gasteiger partial charge in [-0.1, -0.05) is 0 Å². The summed E-state index contributed by atoms with van der Waals surface area (Å²) in [7, 11) is 2.82. The average Bonchev–Trinajstić information content (AvgIpc) is 3.49. The smallest absolute Gasteiger partial charge is 0.259 e. The molecule has 2 heterocycles. The largest absolute Gasteiger partial charge is 0.493 e. The van der Waals surface area contributed by atoms with Crippen molar-refractivity contribution in [2.75, 3.05) is 27.6 Å². The number of pyridine rings is 1. The average molecular weight is 515 g/mol. The maximum atomic E-state index is 13.8. The molecule has 1 aliphatic carbocycles. The van der Waals surface area contributed by atoms with Crippen molar-refractivity contribution >= 4 is 16.6 Å². The third kappa shape index (κ3) is 3.81. The minimum absolute atomic E-state index is 0.0310. The molecule has 0 fully saturated rings. The first kappa shape index (κ1) is 25.0. The van der Waals surface area contributed by atoms with Crippen molar-refractivity contribution < 1.29 is 49.3 Å². The molecule has 0 amide bonds. The van der Waals surface area contributed by atoms with Gasteiger partial charge in [-0.3, -0.25) is 9.59 Å². The molecule has 0 bridgehead atoms. The lowest BCUT2D eigenvalue weighted by molar-refractivity contribution is -0.117. The zero-order chi connectivity index (χ0) is 26.6. The van der Waals surface area contributed by atoms with Crippen molar-refractivity contribution in [1.82, 2.24) is 4.57 Å². The summed E-state index contributed by atoms with van der Waals surface area (Å²) in [5, 5.41) is 50.4. The number of aromatic nitrogens is 1. The predicted octanol–water partition coefficient (Wildman–Crippen LogP) is -0.605. The Balaban J connectivity index is 1.76. The fraction of sp³-hybridized carbons (Fsp3) is 0.360. The maximum absolute atomic E-state index is 13.8. The Bertz CT molecular complexity index is 1460. The van der Waals surface area contributed by atoms with Gasteiger partial charge >= 0.3 is 0 Å². The van der Waals surface area contributed by atoms with Gasteiger partial charge in [-0.25, -0.2) is 0 Å². The molecule has 0 saturated carbocycles. The molecule has 0 spiro atoms. The highest BCUT2D eigenvalue weighted by atomic mass is 16.7. The van der Waals surface area contributed by atoms with E-state index < -0.39 is 48.9 Å². The molecule has 196 valence electrons. The second-order valence-electron chi connectivity index (χ2n) is 8.77. The summed E-state index contributed by atoms with van der Waals surface area (Å²) in [6, 6.07) is 6.03. The third-order valence-corrected chi connectivity index (χ3v) is 6.71. The van der Waals surface area contributed by atoms with Crippen LogP contribution in [-0.2, 0) is 6.54 Å². The highest BCUT2D eigenvalue weighted by Crippen LogP contribution is 2.47. The van der Waals surface area contributed by atoms with Crippen LogP contribution in [0.3, 0.4) is 0 Å². The Morgan fingerprint density at radius 2 is 1.43 bits per heavy atom. The van der Waals surface area contributed by atoms with Gasteiger partial charge in [-0.15, -0.1) is 0 Å². The number of rotatable bonds is 8. The molecule has 5 rings (SSSR count). The SMILES string of the molecule is COc1cc2c3c(n(C[C@@H](O)[C@@H](O)[C@H](O)[C@H](O)CO)c(=O)c2cc1OC)-c1cc2c(cc1C3=O)OCO2. The van der Waals surface area contributed by atoms with Crippen LogP contribution in [0.5, 0.6) is 23.0 Å². The van der Waals surface area contributed by atoms with Crippen molar-refractivity contribution in [1.29, 1.82) is 0 Å². The van der Waals surface area contributed by atoms with Gasteiger partial charge in [-0.05, 0) is 24.3 Å². The number of ether oxygens (including phenoxy) is 4. The Morgan fingerprint density at radius 3 is 2.03 bits per heavy atom. The van der Waals surface area contributed by atoms with Crippen LogP contribution in [0.15, 0.2) is 29.1 Å². The van der Waals surface area contributed by atoms with Crippen LogP contribution in [0.25, 0.3) is 22.0 Å². The number of nitrogens with zero attached hydrogens (tertiary/aromatic N) is 1. The van der Waals surface area contributed by atoms with Crippen molar-refractivity contribution in [2.45, 2.75) is 31.0 Å². The number of fused-ring (bicyclic) bond motifs is 6. The van der Waals surface area contributed by atoms with Gasteiger partial charge in [0.25, 0.3) is 5.56 Å². The number of ketones is 1. The lowest BCUT2D eigenvalue weighted by Crippen LogP contribution is -2.48. The van der Waals surface area contributed by atoms with E-state index in [1.807, 2.05) is 0 Å². The highest BCUT2D eigenvalue weighted by Gasteiger charge is 2.37. The zero-order valence-electron chi connectivity index (χ0n) is 19.9. The highest BCUT2D eigenvalue weighted by molar-refractivity contribution is 6.27. The van der Waals surface area contributed by atoms with E-state index in [9.17, 15) is 30.0 Å². The molecular formula is C25H25NO11. The molecule has 1 aliphatic heterocycles. The number of aliphatic hydroxyl groups excluding tert-OH is 5. The summed E-state index contributed by atoms with van der Waals surface area (Å²) in [6.45, 7) is -1.44. The van der Waals surface area contributed by atoms with Crippen molar-refractivity contribution in [3.63, 3.8) is 0 Å². The summed E-state index contributed by atoms with van der Waals surface area (Å²) in [4.78, 5) is 27.5. The minimum Gasteiger partial charge on any atom is -0.493 e. The second-order valence-corrected chi connectivity index (χ2v) is 8.77. The summed E-state index contributed by atoms with van der Waals surface area (Å²) < 4.78 is 22.7. The molecular weight excluding hydrogens is 490 g/mol. The fourth-order valence-corrected chi connectivity index (χ4v) is 4.78. The van der Waals surface area contributed by atoms with Gasteiger partial charge in [-0.2, -0.15) is 0 Å². The van der Waals surface area contributed by atoms with Gasteiger partial charge in [0.05, 0.1) is 44.0 Å². The molecule has 4 atom stereocenters. The van der Waals surface area contributed by atoms with Crippen LogP contribution in [0.1, 0.15) is 15.9 Å². The van der Waals surface area contributed by atoms with E-state index in [0.29, 0.717) is 28.2 Å². The fourth-order valence-electron chi connectivity index (χ4n) is 4.78. The molecule has 1 aromatic heterocycles. The monoisotopic (exact) mass is 515 g/mol. The molecule has 3 aromatic rings. The Labute approximate surface area is 209 Å². The second kappa shape index (κ2) is 9.32. The minimum atomic E-state index is -1.92. The summed E-state index contributed by atoms with van der Waals surface area (Å²) in [5.41, 5.74) is 0.325. The predicted molar refractivity (Wildman–Crippen MR) is 127 cm³/mol. The Hall–Kier alpha value is -3.68. The molecule has 2 aromatic carbocycles. The van der Waals surface area contributed by atoms with Crippen LogP contribution in [-0.4, -0.2) is 87.9 Å². The van der Waals surface area contributed by atoms with E-state index in [1.54, 1.807) is 6.07 Å². The topological polar surface area (TPSA) is 177 Å². The first-order valence-electron chi connectivity index (χ1n) is 11.4. The number of carbonyl (C=O) groups is 1. The normalized spacial score (nSPS) is 16.8. The van der Waals surface area contributed by atoms with Crippen molar-refractivity contribution in [3.8, 4) is 34.3 Å². The molecule has 12 nitrogen and oxygen atoms in total. The molecule has 5 N–H and O–H groups in total. The van der Waals surface area contributed by atoms with Crippen LogP contribution in [0.4, 0.5) is 0 Å². The van der Waals surface area contributed by atoms with Gasteiger partial charge in [0, 0.05) is 16.5 Å². The van der Waals surface area contributed by atoms with Crippen LogP contribution >= 0.6 is 0 Å². The molecule has 0 radical (unpaired) electrons. The first-order valence-corrected chi connectivity index (χ1v) is 11.4. The number of aliphatic hydroxyl groups is 5. The first-order chi connectivity index (χ1) is 17.7. The van der Waals surface area contributed by atoms with E-state index >= 15 is 0 Å². The van der Waals surface area contributed by atoms with E-state index in [1.165, 1.54) is 32.4 Å². The molecule has 12 heteroatoms. The number of carbonyl (C=O) groups excluding carboxylic acids is 1. The number of benzene rings is 2. The standard InChI is InChI=1S/C25H25NO11/c1-34-16-3-10-13(6-17(16)35-2)25(33)26(7-14(28)23(31)24(32)15(29)8-27)21-11-4-18-19(37-9-36-18)5-12(11)22(30)20(10)21/h3-6,14-15,23-24,27-29,31-32H,7-9H2,1-2H3/t14-,15-,23-,24-/m1/s1. The molecule has 2 aliphatic rings. The van der Waals surface area contributed by atoms with Crippen LogP contribution in [0.2, 0.25) is 0 Å². The number of hydrogen-bond acceptors (Lipinski definition) is 11. The van der Waals surface area contributed by atoms with Gasteiger partial charge in [0.2, 0.25) is 6.79 Å². The number of hydrogen-bond donors (Lipinski definition) is 5. The van der Waals surface area contributed by atoms with Gasteiger partial charge in [0.1, 0.15) is 24.4 Å². The van der Waals surface area contributed by atoms with Crippen molar-refractivity contribution in [2.24, 2.45) is 0 Å². The summed E-state index contributed by atoms with van der Waals surface area (Å²) >= 11 is 0. The van der Waals surface area contributed by atoms with E-state index in [0.717, 1.165) is 4.57 Å². The Morgan fingerprint density at radius 1 is 0.865 bits per heavy atom. The van der Waals surface area contributed by atoms with E-state index in [4.69, 9.17) is 24.1 Å². The van der Waals surface area contributed by atoms with Gasteiger partial charge < -0.3 is 49.0 Å². The zero-order valence-corrected chi connectivity index (χ0v) is 19.9. The van der Waals surface area contributed by atoms with E-state index in [2.05, 4.69) is 0 Å². The lowest BCUT2D eigenvalue weighted by atomic mass is 10.0. The van der Waals surface area contributed by atoms with E-state index in [-0.39, 0.29) is 34.7 Å². The number of methoxy groups -OCH3 is 2. The Kier molecular flexibility index (Phi) is 6.30.